The van der Waals surface area contributed by atoms with Crippen molar-refractivity contribution in [3.63, 3.8) is 0 Å². The van der Waals surface area contributed by atoms with Crippen molar-refractivity contribution in [2.24, 2.45) is 0 Å². The molecule has 17 aromatic rings. The highest BCUT2D eigenvalue weighted by Gasteiger charge is 2.23. The fourth-order valence-electron chi connectivity index (χ4n) is 16.7. The standard InChI is InChI=1S/C20H20F2N4O3.2C20H19N5O.C18H18ClN5O2.C18H18ClN5O/c1-28-16-4-2-13(10-17(16)29-20(21)22)15-11-19(27)26-12-14(3-5-18(26)24-15)25-8-6-23-7-9-25;26-20-12-18(14-1-3-17-15(11-14)5-6-22-17)23-19-4-2-16(13-25(19)20)24-9-7-21-8-10-24;26-20-12-18(15-2-1-14-5-6-22-17(14)11-15)23-19-4-3-16(13-25(19)20)24-9-7-21-8-10-24;1-26-18-14(19)8-12(10-21-18)15-9-17(25)24-11-13(2-3-16(24)22-15)23-6-4-20-5-7-23;1-12-10-23(5-4-21-12)15-2-3-17-22-16(7-18(25)24(17)11-15)13-6-14(19)9-20-8-13/h2-5,10-12,20,23H,6-9H2,1H3;2*1-6,11-13,21-22H,7-10H2;2-3,8-11,20H,4-7H2,1H3;2-3,6-9,11-12,21H,4-5,10H2,1H3/t;;;;12-/m....0/s1. The molecule has 5 fully saturated rings. The third kappa shape index (κ3) is 20.1. The van der Waals surface area contributed by atoms with Crippen LogP contribution in [0.4, 0.5) is 37.2 Å². The molecule has 36 heteroatoms. The Hall–Kier alpha value is -14.5. The molecule has 0 saturated carbocycles. The average molecular weight is 1820 g/mol. The first-order valence-electron chi connectivity index (χ1n) is 43.4. The normalized spacial score (nSPS) is 15.3. The zero-order chi connectivity index (χ0) is 90.9. The average Bonchev–Trinajstić information content (AvgIpc) is 1.34. The van der Waals surface area contributed by atoms with Crippen LogP contribution in [0.5, 0.6) is 17.4 Å². The van der Waals surface area contributed by atoms with Crippen LogP contribution in [0, 0.1) is 0 Å². The van der Waals surface area contributed by atoms with E-state index in [2.05, 4.69) is 104 Å². The van der Waals surface area contributed by atoms with E-state index in [0.717, 1.165) is 191 Å². The molecule has 1 atom stereocenters. The van der Waals surface area contributed by atoms with Crippen molar-refractivity contribution >= 4 is 102 Å². The fraction of sp³-hybridized carbons (Fsp3) is 0.250. The van der Waals surface area contributed by atoms with Gasteiger partial charge in [-0.15, -0.1) is 0 Å². The van der Waals surface area contributed by atoms with Gasteiger partial charge in [0.25, 0.3) is 27.8 Å². The van der Waals surface area contributed by atoms with E-state index in [1.807, 2.05) is 134 Å². The third-order valence-corrected chi connectivity index (χ3v) is 24.0. The van der Waals surface area contributed by atoms with Crippen LogP contribution < -0.4 is 93.1 Å². The fourth-order valence-corrected chi connectivity index (χ4v) is 17.1. The van der Waals surface area contributed by atoms with E-state index in [4.69, 9.17) is 42.6 Å². The number of halogens is 4. The van der Waals surface area contributed by atoms with Crippen LogP contribution >= 0.6 is 23.2 Å². The number of anilines is 5. The summed E-state index contributed by atoms with van der Waals surface area (Å²) < 4.78 is 47.9. The van der Waals surface area contributed by atoms with Crippen molar-refractivity contribution < 1.29 is 23.0 Å². The summed E-state index contributed by atoms with van der Waals surface area (Å²) >= 11 is 12.1. The number of nitrogens with one attached hydrogen (secondary N) is 7. The van der Waals surface area contributed by atoms with Crippen LogP contribution in [-0.4, -0.2) is 218 Å². The summed E-state index contributed by atoms with van der Waals surface area (Å²) in [6.45, 7) is 16.8. The van der Waals surface area contributed by atoms with Gasteiger partial charge in [-0.25, -0.2) is 29.9 Å². The molecule has 22 rings (SSSR count). The highest BCUT2D eigenvalue weighted by Crippen LogP contribution is 2.35. The van der Waals surface area contributed by atoms with Gasteiger partial charge in [-0.2, -0.15) is 8.78 Å². The van der Waals surface area contributed by atoms with Crippen LogP contribution in [0.25, 0.3) is 106 Å². The van der Waals surface area contributed by atoms with Gasteiger partial charge >= 0.3 is 6.61 Å². The Morgan fingerprint density at radius 3 is 1.17 bits per heavy atom. The molecule has 0 aliphatic carbocycles. The number of H-pyrrole nitrogens is 2. The molecule has 0 spiro atoms. The predicted molar refractivity (Wildman–Crippen MR) is 514 cm³/mol. The Bertz CT molecular complexity index is 7230. The Kier molecular flexibility index (Phi) is 26.6. The maximum atomic E-state index is 12.7. The molecule has 132 heavy (non-hydrogen) atoms. The highest BCUT2D eigenvalue weighted by atomic mass is 35.5. The van der Waals surface area contributed by atoms with E-state index < -0.39 is 6.61 Å². The molecule has 3 aromatic carbocycles. The lowest BCUT2D eigenvalue weighted by atomic mass is 10.1. The maximum absolute atomic E-state index is 12.7. The van der Waals surface area contributed by atoms with Crippen molar-refractivity contribution in [2.45, 2.75) is 19.6 Å². The summed E-state index contributed by atoms with van der Waals surface area (Å²) in [7, 11) is 2.87. The minimum absolute atomic E-state index is 0.0591. The van der Waals surface area contributed by atoms with Crippen LogP contribution in [0.15, 0.2) is 256 Å². The molecule has 5 saturated heterocycles. The Morgan fingerprint density at radius 2 is 0.758 bits per heavy atom. The van der Waals surface area contributed by atoms with Crippen molar-refractivity contribution in [1.82, 2.24) is 93.4 Å². The monoisotopic (exact) mass is 1820 g/mol. The lowest BCUT2D eigenvalue weighted by Crippen LogP contribution is -2.49. The quantitative estimate of drug-likeness (QED) is 0.0532. The molecular weight excluding hydrogens is 1730 g/mol. The summed E-state index contributed by atoms with van der Waals surface area (Å²) in [5.41, 5.74) is 16.2. The number of nitrogens with zero attached hydrogens (tertiary/aromatic N) is 17. The zero-order valence-corrected chi connectivity index (χ0v) is 73.9. The molecule has 674 valence electrons. The SMILES string of the molecule is COc1ccc(-c2cc(=O)n3cc(N4CCNCC4)ccc3n2)cc1OC(F)F.COc1ncc(-c2cc(=O)n3cc(N4CCNCC4)ccc3n2)cc1Cl.C[C@H]1CN(c2ccc3nc(-c4cncc(Cl)c4)cc(=O)n3c2)CCN1.O=c1cc(-c2ccc3[nH]ccc3c2)nc2ccc(N3CCNCC3)cn12.O=c1cc(-c2ccc3cc[nH]c3c2)nc2ccc(N3CCNCC3)cn12. The number of ether oxygens (including phenoxy) is 3. The Balaban J connectivity index is 0.000000111. The smallest absolute Gasteiger partial charge is 0.387 e. The largest absolute Gasteiger partial charge is 0.493 e. The van der Waals surface area contributed by atoms with E-state index in [0.29, 0.717) is 89.8 Å². The van der Waals surface area contributed by atoms with E-state index in [-0.39, 0.29) is 39.3 Å². The number of rotatable bonds is 14. The summed E-state index contributed by atoms with van der Waals surface area (Å²) in [5, 5.41) is 19.9. The van der Waals surface area contributed by atoms with Crippen molar-refractivity contribution in [3.05, 3.63) is 294 Å². The second kappa shape index (κ2) is 39.8. The molecule has 0 bridgehead atoms. The van der Waals surface area contributed by atoms with E-state index in [1.165, 1.54) is 49.0 Å². The highest BCUT2D eigenvalue weighted by molar-refractivity contribution is 6.32. The van der Waals surface area contributed by atoms with Gasteiger partial charge in [-0.3, -0.25) is 51.0 Å². The first kappa shape index (κ1) is 88.1. The molecule has 14 aromatic heterocycles. The van der Waals surface area contributed by atoms with Crippen LogP contribution in [0.3, 0.4) is 0 Å². The van der Waals surface area contributed by atoms with Gasteiger partial charge in [-0.05, 0) is 134 Å². The summed E-state index contributed by atoms with van der Waals surface area (Å²) in [6.07, 6.45) is 17.9. The topological polar surface area (TPSA) is 333 Å². The lowest BCUT2D eigenvalue weighted by molar-refractivity contribution is -0.0511. The van der Waals surface area contributed by atoms with Gasteiger partial charge in [0.1, 0.15) is 33.3 Å². The van der Waals surface area contributed by atoms with Gasteiger partial charge in [-0.1, -0.05) is 41.4 Å². The first-order chi connectivity index (χ1) is 64.3. The van der Waals surface area contributed by atoms with Gasteiger partial charge in [0.05, 0.1) is 76.1 Å². The van der Waals surface area contributed by atoms with Gasteiger partial charge in [0.15, 0.2) is 11.5 Å². The third-order valence-electron chi connectivity index (χ3n) is 23.6. The minimum Gasteiger partial charge on any atom is -0.493 e. The molecule has 19 heterocycles. The molecule has 0 radical (unpaired) electrons. The number of piperazine rings is 5. The van der Waals surface area contributed by atoms with Crippen molar-refractivity contribution in [2.75, 3.05) is 163 Å². The maximum Gasteiger partial charge on any atom is 0.387 e. The number of alkyl halides is 2. The number of aromatic amines is 2. The van der Waals surface area contributed by atoms with Crippen molar-refractivity contribution in [1.29, 1.82) is 0 Å². The van der Waals surface area contributed by atoms with Crippen LogP contribution in [-0.2, 0) is 0 Å². The number of pyridine rings is 7. The van der Waals surface area contributed by atoms with E-state index in [1.54, 1.807) is 78.8 Å². The van der Waals surface area contributed by atoms with E-state index in [9.17, 15) is 32.8 Å². The van der Waals surface area contributed by atoms with Gasteiger partial charge in [0.2, 0.25) is 5.88 Å². The van der Waals surface area contributed by atoms with Crippen LogP contribution in [0.2, 0.25) is 10.0 Å². The molecule has 5 aliphatic heterocycles. The summed E-state index contributed by atoms with van der Waals surface area (Å²) in [4.78, 5) is 112. The summed E-state index contributed by atoms with van der Waals surface area (Å²) in [6, 6.07) is 51.6. The number of aromatic nitrogens is 14. The molecule has 7 N–H and O–H groups in total. The van der Waals surface area contributed by atoms with E-state index >= 15 is 0 Å². The molecule has 0 unspecified atom stereocenters. The van der Waals surface area contributed by atoms with Crippen LogP contribution in [0.1, 0.15) is 6.92 Å². The first-order valence-corrected chi connectivity index (χ1v) is 44.2. The Labute approximate surface area is 763 Å². The van der Waals surface area contributed by atoms with Gasteiger partial charge in [0, 0.05) is 267 Å². The van der Waals surface area contributed by atoms with Gasteiger partial charge < -0.3 is 75.3 Å². The second-order valence-electron chi connectivity index (χ2n) is 32.1. The predicted octanol–water partition coefficient (Wildman–Crippen LogP) is 10.9. The summed E-state index contributed by atoms with van der Waals surface area (Å²) in [5.74, 6) is 0.400. The molecular formula is C96H94Cl2F2N24O8. The number of methoxy groups -OCH3 is 2. The molecule has 0 amide bonds. The number of hydrogen-bond acceptors (Lipinski definition) is 25. The van der Waals surface area contributed by atoms with Crippen molar-refractivity contribution in [3.8, 4) is 73.7 Å². The molecule has 5 aliphatic rings. The lowest BCUT2D eigenvalue weighted by Gasteiger charge is -2.33. The number of fused-ring (bicyclic) bond motifs is 7. The minimum atomic E-state index is -2.99. The second-order valence-corrected chi connectivity index (χ2v) is 33.0. The molecule has 32 nitrogen and oxygen atoms in total. The number of benzene rings is 3. The number of hydrogen-bond donors (Lipinski definition) is 7. The zero-order valence-electron chi connectivity index (χ0n) is 72.4. The Morgan fingerprint density at radius 1 is 0.371 bits per heavy atom.